The highest BCUT2D eigenvalue weighted by molar-refractivity contribution is 5.74. The van der Waals surface area contributed by atoms with Crippen LogP contribution < -0.4 is 15.6 Å². The maximum atomic E-state index is 12.2. The molecule has 0 radical (unpaired) electrons. The maximum Gasteiger partial charge on any atom is 0.309 e. The SMILES string of the molecule is O=C(OCCCCCCOc1ccc([NH2+]NC2=CCCC=C2)cc1)C1CC2C=CC1C2. The lowest BCUT2D eigenvalue weighted by Gasteiger charge is -2.16. The summed E-state index contributed by atoms with van der Waals surface area (Å²) in [6.45, 7) is 1.27. The van der Waals surface area contributed by atoms with E-state index in [0.29, 0.717) is 18.4 Å². The molecular weight excluding hydrogens is 388 g/mol. The number of fused-ring (bicyclic) bond motifs is 2. The number of hydrogen-bond acceptors (Lipinski definition) is 4. The first-order valence-corrected chi connectivity index (χ1v) is 11.8. The van der Waals surface area contributed by atoms with Crippen LogP contribution in [0.2, 0.25) is 0 Å². The molecule has 0 amide bonds. The van der Waals surface area contributed by atoms with Crippen LogP contribution in [0.4, 0.5) is 5.69 Å². The summed E-state index contributed by atoms with van der Waals surface area (Å²) < 4.78 is 11.4. The molecule has 0 spiro atoms. The zero-order valence-corrected chi connectivity index (χ0v) is 18.3. The van der Waals surface area contributed by atoms with Crippen LogP contribution in [-0.4, -0.2) is 19.2 Å². The van der Waals surface area contributed by atoms with Crippen LogP contribution in [0.1, 0.15) is 51.4 Å². The number of hydrogen-bond donors (Lipinski definition) is 2. The zero-order chi connectivity index (χ0) is 21.3. The molecule has 5 heteroatoms. The molecule has 5 nitrogen and oxygen atoms in total. The molecule has 4 rings (SSSR count). The van der Waals surface area contributed by atoms with Gasteiger partial charge in [0.2, 0.25) is 0 Å². The highest BCUT2D eigenvalue weighted by Crippen LogP contribution is 2.43. The van der Waals surface area contributed by atoms with Gasteiger partial charge in [0.15, 0.2) is 5.69 Å². The van der Waals surface area contributed by atoms with Gasteiger partial charge in [-0.15, -0.1) is 0 Å². The van der Waals surface area contributed by atoms with Crippen LogP contribution in [0.25, 0.3) is 0 Å². The predicted octanol–water partition coefficient (Wildman–Crippen LogP) is 4.31. The average molecular weight is 424 g/mol. The van der Waals surface area contributed by atoms with Gasteiger partial charge in [-0.25, -0.2) is 10.9 Å². The van der Waals surface area contributed by atoms with Crippen molar-refractivity contribution < 1.29 is 19.7 Å². The van der Waals surface area contributed by atoms with Gasteiger partial charge < -0.3 is 9.47 Å². The first-order valence-electron chi connectivity index (χ1n) is 11.8. The van der Waals surface area contributed by atoms with Crippen molar-refractivity contribution in [3.63, 3.8) is 0 Å². The molecule has 1 aromatic carbocycles. The molecule has 1 fully saturated rings. The second-order valence-electron chi connectivity index (χ2n) is 8.81. The van der Waals surface area contributed by atoms with Gasteiger partial charge in [0.05, 0.1) is 24.8 Å². The Hall–Kier alpha value is -2.53. The summed E-state index contributed by atoms with van der Waals surface area (Å²) in [5.41, 5.74) is 7.64. The minimum atomic E-state index is 0.0167. The number of allylic oxidation sites excluding steroid dienone is 5. The number of carbonyl (C=O) groups excluding carboxylic acids is 1. The molecule has 3 unspecified atom stereocenters. The van der Waals surface area contributed by atoms with Crippen LogP contribution in [0.5, 0.6) is 5.75 Å². The van der Waals surface area contributed by atoms with E-state index in [4.69, 9.17) is 9.47 Å². The van der Waals surface area contributed by atoms with E-state index in [1.807, 2.05) is 17.6 Å². The first-order chi connectivity index (χ1) is 15.3. The molecule has 166 valence electrons. The molecule has 3 atom stereocenters. The molecule has 3 N–H and O–H groups in total. The number of benzene rings is 1. The van der Waals surface area contributed by atoms with Crippen molar-refractivity contribution in [2.45, 2.75) is 51.4 Å². The van der Waals surface area contributed by atoms with Gasteiger partial charge in [-0.2, -0.15) is 0 Å². The van der Waals surface area contributed by atoms with E-state index >= 15 is 0 Å². The van der Waals surface area contributed by atoms with Crippen LogP contribution in [0, 0.1) is 17.8 Å². The fraction of sp³-hybridized carbons (Fsp3) is 0.500. The third kappa shape index (κ3) is 6.47. The number of ether oxygens (including phenoxy) is 2. The van der Waals surface area contributed by atoms with Gasteiger partial charge in [0.1, 0.15) is 5.75 Å². The fourth-order valence-electron chi connectivity index (χ4n) is 4.63. The Balaban J connectivity index is 1.01. The minimum Gasteiger partial charge on any atom is -0.494 e. The van der Waals surface area contributed by atoms with E-state index in [-0.39, 0.29) is 11.9 Å². The largest absolute Gasteiger partial charge is 0.494 e. The molecular formula is C26H35N2O3+. The summed E-state index contributed by atoms with van der Waals surface area (Å²) in [6.07, 6.45) is 19.5. The van der Waals surface area contributed by atoms with E-state index in [0.717, 1.165) is 75.1 Å². The number of nitrogens with two attached hydrogens (primary N) is 1. The van der Waals surface area contributed by atoms with Gasteiger partial charge in [-0.05, 0) is 81.4 Å². The van der Waals surface area contributed by atoms with Gasteiger partial charge in [0.25, 0.3) is 0 Å². The summed E-state index contributed by atoms with van der Waals surface area (Å²) in [4.78, 5) is 12.2. The molecule has 0 heterocycles. The van der Waals surface area contributed by atoms with E-state index in [9.17, 15) is 4.79 Å². The molecule has 0 aliphatic heterocycles. The fourth-order valence-corrected chi connectivity index (χ4v) is 4.63. The lowest BCUT2D eigenvalue weighted by molar-refractivity contribution is -0.625. The van der Waals surface area contributed by atoms with Crippen LogP contribution >= 0.6 is 0 Å². The van der Waals surface area contributed by atoms with Crippen molar-refractivity contribution in [2.24, 2.45) is 17.8 Å². The number of nitrogens with one attached hydrogen (secondary N) is 1. The Labute approximate surface area is 185 Å². The van der Waals surface area contributed by atoms with Crippen molar-refractivity contribution in [3.8, 4) is 5.75 Å². The lowest BCUT2D eigenvalue weighted by Crippen LogP contribution is -2.87. The third-order valence-corrected chi connectivity index (χ3v) is 6.41. The van der Waals surface area contributed by atoms with Crippen molar-refractivity contribution in [1.29, 1.82) is 0 Å². The molecule has 1 saturated carbocycles. The highest BCUT2D eigenvalue weighted by Gasteiger charge is 2.40. The Morgan fingerprint density at radius 1 is 1.00 bits per heavy atom. The topological polar surface area (TPSA) is 64.2 Å². The molecule has 0 saturated heterocycles. The first kappa shape index (κ1) is 21.7. The number of quaternary nitrogens is 1. The molecule has 1 aromatic rings. The summed E-state index contributed by atoms with van der Waals surface area (Å²) in [5.74, 6) is 2.09. The van der Waals surface area contributed by atoms with Crippen molar-refractivity contribution in [2.75, 3.05) is 13.2 Å². The number of unbranched alkanes of at least 4 members (excludes halogenated alkanes) is 3. The Morgan fingerprint density at radius 2 is 1.84 bits per heavy atom. The molecule has 3 aliphatic carbocycles. The van der Waals surface area contributed by atoms with Gasteiger partial charge in [0, 0.05) is 12.1 Å². The van der Waals surface area contributed by atoms with E-state index in [1.54, 1.807) is 0 Å². The smallest absolute Gasteiger partial charge is 0.309 e. The third-order valence-electron chi connectivity index (χ3n) is 6.41. The Bertz CT molecular complexity index is 812. The van der Waals surface area contributed by atoms with Crippen molar-refractivity contribution in [3.05, 3.63) is 60.3 Å². The lowest BCUT2D eigenvalue weighted by atomic mass is 9.94. The molecule has 2 bridgehead atoms. The zero-order valence-electron chi connectivity index (χ0n) is 18.3. The van der Waals surface area contributed by atoms with Crippen molar-refractivity contribution >= 4 is 11.7 Å². The van der Waals surface area contributed by atoms with Crippen LogP contribution in [-0.2, 0) is 9.53 Å². The number of esters is 1. The van der Waals surface area contributed by atoms with Gasteiger partial charge in [-0.3, -0.25) is 4.79 Å². The average Bonchev–Trinajstić information content (AvgIpc) is 3.45. The molecule has 3 aliphatic rings. The Morgan fingerprint density at radius 3 is 2.55 bits per heavy atom. The number of rotatable bonds is 12. The Kier molecular flexibility index (Phi) is 7.83. The van der Waals surface area contributed by atoms with Gasteiger partial charge in [-0.1, -0.05) is 24.3 Å². The normalized spacial score (nSPS) is 23.6. The molecule has 0 aromatic heterocycles. The van der Waals surface area contributed by atoms with Gasteiger partial charge >= 0.3 is 5.97 Å². The van der Waals surface area contributed by atoms with E-state index < -0.39 is 0 Å². The minimum absolute atomic E-state index is 0.0167. The second kappa shape index (κ2) is 11.2. The number of carbonyl (C=O) groups is 1. The van der Waals surface area contributed by atoms with Crippen LogP contribution in [0.15, 0.2) is 60.3 Å². The highest BCUT2D eigenvalue weighted by atomic mass is 16.5. The van der Waals surface area contributed by atoms with Crippen LogP contribution in [0.3, 0.4) is 0 Å². The van der Waals surface area contributed by atoms with Crippen molar-refractivity contribution in [1.82, 2.24) is 5.43 Å². The summed E-state index contributed by atoms with van der Waals surface area (Å²) >= 11 is 0. The second-order valence-corrected chi connectivity index (χ2v) is 8.81. The van der Waals surface area contributed by atoms with E-state index in [1.165, 1.54) is 0 Å². The monoisotopic (exact) mass is 423 g/mol. The summed E-state index contributed by atoms with van der Waals surface area (Å²) in [7, 11) is 0. The maximum absolute atomic E-state index is 12.2. The predicted molar refractivity (Wildman–Crippen MR) is 121 cm³/mol. The summed E-state index contributed by atoms with van der Waals surface area (Å²) in [5, 5.41) is 0. The standard InChI is InChI=1S/C26H34N2O3/c29-26(25-19-20-10-11-21(25)18-20)31-17-7-2-1-6-16-30-24-14-12-23(13-15-24)28-27-22-8-4-3-5-9-22/h4,8-15,20-21,25,27-28H,1-3,5-7,16-19H2/p+1. The molecule has 31 heavy (non-hydrogen) atoms. The summed E-state index contributed by atoms with van der Waals surface area (Å²) in [6, 6.07) is 8.16. The quantitative estimate of drug-likeness (QED) is 0.131. The van der Waals surface area contributed by atoms with E-state index in [2.05, 4.69) is 47.9 Å².